The summed E-state index contributed by atoms with van der Waals surface area (Å²) in [6.45, 7) is 4.30. The summed E-state index contributed by atoms with van der Waals surface area (Å²) in [6.07, 6.45) is 7.29. The number of rotatable bonds is 2. The summed E-state index contributed by atoms with van der Waals surface area (Å²) in [5.74, 6) is -0.453. The molecule has 1 aromatic carbocycles. The number of Topliss-reactive ketones (excluding diaryl/α,β-unsaturated/α-hetero) is 1. The van der Waals surface area contributed by atoms with Crippen LogP contribution in [0.5, 0.6) is 0 Å². The Kier molecular flexibility index (Phi) is 7.67. The maximum Gasteiger partial charge on any atom is 0.204 e. The first kappa shape index (κ1) is 18.6. The molecule has 0 bridgehead atoms. The molecule has 4 nitrogen and oxygen atoms in total. The molecule has 0 radical (unpaired) electrons. The van der Waals surface area contributed by atoms with Crippen LogP contribution in [-0.2, 0) is 9.53 Å². The van der Waals surface area contributed by atoms with Gasteiger partial charge in [0.15, 0.2) is 5.76 Å². The predicted octanol–water partition coefficient (Wildman–Crippen LogP) is 4.11. The van der Waals surface area contributed by atoms with E-state index in [1.807, 2.05) is 69.3 Å². The number of carbonyl (C=O) groups excluding carboxylic acids is 1. The quantitative estimate of drug-likeness (QED) is 0.892. The van der Waals surface area contributed by atoms with Gasteiger partial charge in [-0.05, 0) is 30.3 Å². The second kappa shape index (κ2) is 9.51. The Bertz CT molecular complexity index is 596. The van der Waals surface area contributed by atoms with E-state index in [2.05, 4.69) is 0 Å². The van der Waals surface area contributed by atoms with Crippen LogP contribution in [0.2, 0.25) is 0 Å². The Morgan fingerprint density at radius 1 is 1.04 bits per heavy atom. The SMILES string of the molecule is CC.CN(C)c1ccc(/C2=C(\O)C(=O)C/C=C\C=C/CO2)cc1. The molecule has 0 aromatic heterocycles. The second-order valence-electron chi connectivity index (χ2n) is 4.91. The lowest BCUT2D eigenvalue weighted by molar-refractivity contribution is -0.117. The molecule has 0 fully saturated rings. The summed E-state index contributed by atoms with van der Waals surface area (Å²) in [5.41, 5.74) is 1.72. The van der Waals surface area contributed by atoms with Gasteiger partial charge in [0, 0.05) is 31.8 Å². The van der Waals surface area contributed by atoms with Crippen molar-refractivity contribution in [2.45, 2.75) is 20.3 Å². The van der Waals surface area contributed by atoms with E-state index in [0.29, 0.717) is 12.2 Å². The van der Waals surface area contributed by atoms with Crippen LogP contribution >= 0.6 is 0 Å². The smallest absolute Gasteiger partial charge is 0.204 e. The van der Waals surface area contributed by atoms with Gasteiger partial charge in [0.25, 0.3) is 0 Å². The molecule has 124 valence electrons. The van der Waals surface area contributed by atoms with Crippen molar-refractivity contribution in [3.05, 3.63) is 59.9 Å². The number of hydrogen-bond acceptors (Lipinski definition) is 4. The number of aliphatic hydroxyl groups excluding tert-OH is 1. The normalized spacial score (nSPS) is 20.6. The zero-order chi connectivity index (χ0) is 17.2. The molecule has 0 atom stereocenters. The van der Waals surface area contributed by atoms with Crippen LogP contribution in [0.4, 0.5) is 5.69 Å². The van der Waals surface area contributed by atoms with Crippen LogP contribution in [0, 0.1) is 0 Å². The average molecular weight is 315 g/mol. The third-order valence-electron chi connectivity index (χ3n) is 3.14. The molecule has 1 aliphatic rings. The molecule has 1 aromatic rings. The fourth-order valence-corrected chi connectivity index (χ4v) is 1.94. The van der Waals surface area contributed by atoms with E-state index < -0.39 is 0 Å². The van der Waals surface area contributed by atoms with Crippen molar-refractivity contribution < 1.29 is 14.6 Å². The van der Waals surface area contributed by atoms with Gasteiger partial charge in [0.1, 0.15) is 6.61 Å². The summed E-state index contributed by atoms with van der Waals surface area (Å²) in [7, 11) is 3.90. The molecule has 0 amide bonds. The first-order valence-electron chi connectivity index (χ1n) is 7.78. The molecule has 4 heteroatoms. The Hall–Kier alpha value is -2.49. The summed E-state index contributed by atoms with van der Waals surface area (Å²) in [4.78, 5) is 13.9. The van der Waals surface area contributed by atoms with Gasteiger partial charge in [0.05, 0.1) is 0 Å². The zero-order valence-electron chi connectivity index (χ0n) is 14.2. The number of aliphatic hydroxyl groups is 1. The van der Waals surface area contributed by atoms with E-state index in [9.17, 15) is 9.90 Å². The molecule has 0 aliphatic carbocycles. The standard InChI is InChI=1S/C17H19NO3.C2H6/c1-18(2)14-10-8-13(9-11-14)17-16(20)15(19)7-5-3-4-6-12-21-17;1-2/h3-6,8-11,20H,7,12H2,1-2H3;1-2H3/b5-3-,6-4-,17-16+;. The fourth-order valence-electron chi connectivity index (χ4n) is 1.94. The first-order chi connectivity index (χ1) is 11.1. The summed E-state index contributed by atoms with van der Waals surface area (Å²) in [6, 6.07) is 7.50. The van der Waals surface area contributed by atoms with E-state index in [0.717, 1.165) is 5.69 Å². The zero-order valence-corrected chi connectivity index (χ0v) is 14.2. The number of ether oxygens (including phenoxy) is 1. The highest BCUT2D eigenvalue weighted by molar-refractivity contribution is 6.00. The topological polar surface area (TPSA) is 49.8 Å². The molecule has 23 heavy (non-hydrogen) atoms. The van der Waals surface area contributed by atoms with Crippen molar-refractivity contribution in [3.8, 4) is 0 Å². The monoisotopic (exact) mass is 315 g/mol. The largest absolute Gasteiger partial charge is 0.502 e. The van der Waals surface area contributed by atoms with E-state index >= 15 is 0 Å². The number of ketones is 1. The second-order valence-corrected chi connectivity index (χ2v) is 4.91. The Labute approximate surface area is 138 Å². The van der Waals surface area contributed by atoms with E-state index in [-0.39, 0.29) is 23.7 Å². The highest BCUT2D eigenvalue weighted by Gasteiger charge is 2.17. The summed E-state index contributed by atoms with van der Waals surface area (Å²) >= 11 is 0. The highest BCUT2D eigenvalue weighted by atomic mass is 16.5. The third-order valence-corrected chi connectivity index (χ3v) is 3.14. The Balaban J connectivity index is 0.00000127. The molecule has 1 N–H and O–H groups in total. The van der Waals surface area contributed by atoms with Gasteiger partial charge in [-0.1, -0.05) is 32.1 Å². The molecule has 1 heterocycles. The lowest BCUT2D eigenvalue weighted by Gasteiger charge is -2.15. The van der Waals surface area contributed by atoms with Crippen LogP contribution in [0.25, 0.3) is 5.76 Å². The summed E-state index contributed by atoms with van der Waals surface area (Å²) in [5, 5.41) is 10.1. The van der Waals surface area contributed by atoms with Crippen molar-refractivity contribution in [1.29, 1.82) is 0 Å². The number of anilines is 1. The van der Waals surface area contributed by atoms with Crippen molar-refractivity contribution in [1.82, 2.24) is 0 Å². The van der Waals surface area contributed by atoms with Gasteiger partial charge in [-0.2, -0.15) is 0 Å². The highest BCUT2D eigenvalue weighted by Crippen LogP contribution is 2.23. The van der Waals surface area contributed by atoms with Gasteiger partial charge in [0.2, 0.25) is 11.5 Å². The predicted molar refractivity (Wildman–Crippen MR) is 95.5 cm³/mol. The maximum atomic E-state index is 11.9. The van der Waals surface area contributed by atoms with Gasteiger partial charge in [-0.15, -0.1) is 0 Å². The maximum absolute atomic E-state index is 11.9. The first-order valence-corrected chi connectivity index (χ1v) is 7.78. The molecule has 2 rings (SSSR count). The van der Waals surface area contributed by atoms with E-state index in [1.54, 1.807) is 12.2 Å². The van der Waals surface area contributed by atoms with Crippen LogP contribution < -0.4 is 4.90 Å². The molecular formula is C19H25NO3. The van der Waals surface area contributed by atoms with Crippen molar-refractivity contribution in [2.75, 3.05) is 25.6 Å². The minimum absolute atomic E-state index is 0.152. The van der Waals surface area contributed by atoms with Crippen LogP contribution in [0.3, 0.4) is 0 Å². The number of allylic oxidation sites excluding steroid dienone is 4. The molecule has 0 saturated carbocycles. The van der Waals surface area contributed by atoms with Crippen molar-refractivity contribution in [2.24, 2.45) is 0 Å². The molecule has 0 unspecified atom stereocenters. The minimum Gasteiger partial charge on any atom is -0.502 e. The third kappa shape index (κ3) is 5.33. The lowest BCUT2D eigenvalue weighted by Crippen LogP contribution is -2.09. The molecule has 1 aliphatic heterocycles. The van der Waals surface area contributed by atoms with Gasteiger partial charge in [-0.25, -0.2) is 0 Å². The number of benzene rings is 1. The fraction of sp³-hybridized carbons (Fsp3) is 0.316. The number of nitrogens with zero attached hydrogens (tertiary/aromatic N) is 1. The van der Waals surface area contributed by atoms with Crippen molar-refractivity contribution in [3.63, 3.8) is 0 Å². The van der Waals surface area contributed by atoms with Gasteiger partial charge in [-0.3, -0.25) is 4.79 Å². The number of carbonyl (C=O) groups is 1. The minimum atomic E-state index is -0.353. The van der Waals surface area contributed by atoms with Crippen LogP contribution in [0.1, 0.15) is 25.8 Å². The van der Waals surface area contributed by atoms with Crippen molar-refractivity contribution >= 4 is 17.2 Å². The molecule has 0 spiro atoms. The lowest BCUT2D eigenvalue weighted by atomic mass is 10.1. The van der Waals surface area contributed by atoms with Gasteiger partial charge >= 0.3 is 0 Å². The van der Waals surface area contributed by atoms with Crippen LogP contribution in [-0.4, -0.2) is 31.6 Å². The van der Waals surface area contributed by atoms with E-state index in [1.165, 1.54) is 0 Å². The van der Waals surface area contributed by atoms with Crippen LogP contribution in [0.15, 0.2) is 54.3 Å². The Morgan fingerprint density at radius 2 is 1.65 bits per heavy atom. The average Bonchev–Trinajstić information content (AvgIpc) is 2.58. The number of hydrogen-bond donors (Lipinski definition) is 1. The molecule has 0 saturated heterocycles. The molecular weight excluding hydrogens is 290 g/mol. The Morgan fingerprint density at radius 3 is 2.26 bits per heavy atom. The van der Waals surface area contributed by atoms with Gasteiger partial charge < -0.3 is 14.7 Å². The summed E-state index contributed by atoms with van der Waals surface area (Å²) < 4.78 is 5.56. The van der Waals surface area contributed by atoms with E-state index in [4.69, 9.17) is 4.74 Å².